The van der Waals surface area contributed by atoms with Gasteiger partial charge in [0.2, 0.25) is 0 Å². The van der Waals surface area contributed by atoms with Crippen molar-refractivity contribution in [3.63, 3.8) is 0 Å². The Balaban J connectivity index is 1.70. The van der Waals surface area contributed by atoms with Crippen LogP contribution in [0.25, 0.3) is 0 Å². The van der Waals surface area contributed by atoms with Crippen molar-refractivity contribution in [1.29, 1.82) is 0 Å². The first kappa shape index (κ1) is 16.4. The van der Waals surface area contributed by atoms with Crippen LogP contribution in [0, 0.1) is 0 Å². The standard InChI is InChI=1S/C15H19N3O3S/c1-3-13-16-17-15(18(13)2)22-10-4-9-21-12-7-5-11(6-8-12)14(19)20/h5-8H,3-4,9-10H2,1-2H3,(H,19,20). The molecule has 0 unspecified atom stereocenters. The van der Waals surface area contributed by atoms with Crippen molar-refractivity contribution in [2.24, 2.45) is 7.05 Å². The van der Waals surface area contributed by atoms with E-state index in [0.717, 1.165) is 29.6 Å². The lowest BCUT2D eigenvalue weighted by Crippen LogP contribution is -2.01. The van der Waals surface area contributed by atoms with Gasteiger partial charge in [-0.1, -0.05) is 18.7 Å². The third kappa shape index (κ3) is 4.24. The summed E-state index contributed by atoms with van der Waals surface area (Å²) >= 11 is 1.66. The maximum Gasteiger partial charge on any atom is 0.335 e. The molecule has 0 aliphatic heterocycles. The Morgan fingerprint density at radius 3 is 2.64 bits per heavy atom. The third-order valence-corrected chi connectivity index (χ3v) is 4.24. The average Bonchev–Trinajstić information content (AvgIpc) is 2.88. The maximum absolute atomic E-state index is 10.7. The smallest absolute Gasteiger partial charge is 0.335 e. The summed E-state index contributed by atoms with van der Waals surface area (Å²) in [6.07, 6.45) is 1.75. The number of hydrogen-bond donors (Lipinski definition) is 1. The number of thioether (sulfide) groups is 1. The third-order valence-electron chi connectivity index (χ3n) is 3.13. The lowest BCUT2D eigenvalue weighted by atomic mass is 10.2. The fourth-order valence-electron chi connectivity index (χ4n) is 1.88. The molecule has 22 heavy (non-hydrogen) atoms. The summed E-state index contributed by atoms with van der Waals surface area (Å²) in [6, 6.07) is 6.43. The summed E-state index contributed by atoms with van der Waals surface area (Å²) in [6.45, 7) is 2.64. The molecule has 0 aliphatic carbocycles. The second kappa shape index (κ2) is 7.84. The van der Waals surface area contributed by atoms with Gasteiger partial charge in [0.25, 0.3) is 0 Å². The first-order valence-electron chi connectivity index (χ1n) is 7.09. The lowest BCUT2D eigenvalue weighted by molar-refractivity contribution is 0.0697. The zero-order chi connectivity index (χ0) is 15.9. The van der Waals surface area contributed by atoms with Crippen molar-refractivity contribution in [1.82, 2.24) is 14.8 Å². The molecule has 0 spiro atoms. The highest BCUT2D eigenvalue weighted by atomic mass is 32.2. The zero-order valence-electron chi connectivity index (χ0n) is 12.7. The maximum atomic E-state index is 10.7. The molecule has 1 heterocycles. The highest BCUT2D eigenvalue weighted by Gasteiger charge is 2.07. The van der Waals surface area contributed by atoms with E-state index in [1.807, 2.05) is 11.6 Å². The average molecular weight is 321 g/mol. The number of aryl methyl sites for hydroxylation is 1. The Labute approximate surface area is 133 Å². The van der Waals surface area contributed by atoms with E-state index in [1.165, 1.54) is 12.1 Å². The minimum atomic E-state index is -0.932. The molecule has 1 N–H and O–H groups in total. The van der Waals surface area contributed by atoms with Gasteiger partial charge in [0.1, 0.15) is 11.6 Å². The van der Waals surface area contributed by atoms with E-state index >= 15 is 0 Å². The summed E-state index contributed by atoms with van der Waals surface area (Å²) in [4.78, 5) is 10.7. The summed E-state index contributed by atoms with van der Waals surface area (Å²) in [7, 11) is 1.97. The van der Waals surface area contributed by atoms with Gasteiger partial charge in [0.15, 0.2) is 5.16 Å². The molecule has 7 heteroatoms. The fourth-order valence-corrected chi connectivity index (χ4v) is 2.73. The van der Waals surface area contributed by atoms with Gasteiger partial charge in [0, 0.05) is 19.2 Å². The van der Waals surface area contributed by atoms with Gasteiger partial charge < -0.3 is 14.4 Å². The largest absolute Gasteiger partial charge is 0.494 e. The normalized spacial score (nSPS) is 10.6. The summed E-state index contributed by atoms with van der Waals surface area (Å²) in [5.41, 5.74) is 0.261. The second-order valence-corrected chi connectivity index (χ2v) is 5.75. The number of rotatable bonds is 8. The summed E-state index contributed by atoms with van der Waals surface area (Å²) in [5.74, 6) is 1.63. The molecule has 0 fully saturated rings. The van der Waals surface area contributed by atoms with Crippen LogP contribution in [0.15, 0.2) is 29.4 Å². The van der Waals surface area contributed by atoms with Crippen molar-refractivity contribution in [3.05, 3.63) is 35.7 Å². The van der Waals surface area contributed by atoms with Crippen LogP contribution in [0.5, 0.6) is 5.75 Å². The van der Waals surface area contributed by atoms with E-state index in [-0.39, 0.29) is 5.56 Å². The minimum Gasteiger partial charge on any atom is -0.494 e. The molecule has 0 saturated heterocycles. The number of aromatic nitrogens is 3. The molecule has 0 amide bonds. The zero-order valence-corrected chi connectivity index (χ0v) is 13.5. The molecule has 0 atom stereocenters. The molecule has 6 nitrogen and oxygen atoms in total. The van der Waals surface area contributed by atoms with Crippen molar-refractivity contribution >= 4 is 17.7 Å². The lowest BCUT2D eigenvalue weighted by Gasteiger charge is -2.06. The number of carbonyl (C=O) groups is 1. The van der Waals surface area contributed by atoms with Gasteiger partial charge in [0.05, 0.1) is 12.2 Å². The molecular weight excluding hydrogens is 302 g/mol. The van der Waals surface area contributed by atoms with Crippen LogP contribution in [-0.4, -0.2) is 38.2 Å². The Bertz CT molecular complexity index is 625. The van der Waals surface area contributed by atoms with Crippen LogP contribution in [0.1, 0.15) is 29.5 Å². The van der Waals surface area contributed by atoms with E-state index in [0.29, 0.717) is 12.4 Å². The first-order chi connectivity index (χ1) is 10.6. The Hall–Kier alpha value is -2.02. The van der Waals surface area contributed by atoms with Gasteiger partial charge in [-0.15, -0.1) is 10.2 Å². The molecule has 1 aromatic heterocycles. The van der Waals surface area contributed by atoms with Gasteiger partial charge in [-0.3, -0.25) is 0 Å². The summed E-state index contributed by atoms with van der Waals surface area (Å²) in [5, 5.41) is 18.0. The second-order valence-electron chi connectivity index (χ2n) is 4.69. The number of nitrogens with zero attached hydrogens (tertiary/aromatic N) is 3. The van der Waals surface area contributed by atoms with Crippen molar-refractivity contribution < 1.29 is 14.6 Å². The Morgan fingerprint density at radius 2 is 2.05 bits per heavy atom. The van der Waals surface area contributed by atoms with Gasteiger partial charge in [-0.25, -0.2) is 4.79 Å². The van der Waals surface area contributed by atoms with Crippen molar-refractivity contribution in [3.8, 4) is 5.75 Å². The minimum absolute atomic E-state index is 0.261. The molecule has 1 aromatic carbocycles. The molecular formula is C15H19N3O3S. The number of hydrogen-bond acceptors (Lipinski definition) is 5. The molecule has 0 radical (unpaired) electrons. The van der Waals surface area contributed by atoms with Crippen LogP contribution in [-0.2, 0) is 13.5 Å². The molecule has 118 valence electrons. The molecule has 0 aliphatic rings. The molecule has 2 rings (SSSR count). The number of carboxylic acids is 1. The van der Waals surface area contributed by atoms with Crippen LogP contribution < -0.4 is 4.74 Å². The number of benzene rings is 1. The first-order valence-corrected chi connectivity index (χ1v) is 8.07. The SMILES string of the molecule is CCc1nnc(SCCCOc2ccc(C(=O)O)cc2)n1C. The highest BCUT2D eigenvalue weighted by molar-refractivity contribution is 7.99. The van der Waals surface area contributed by atoms with Crippen molar-refractivity contribution in [2.45, 2.75) is 24.9 Å². The topological polar surface area (TPSA) is 77.2 Å². The number of carboxylic acid groups (broad SMARTS) is 1. The van der Waals surface area contributed by atoms with Crippen LogP contribution in [0.2, 0.25) is 0 Å². The van der Waals surface area contributed by atoms with E-state index in [4.69, 9.17) is 9.84 Å². The van der Waals surface area contributed by atoms with Crippen LogP contribution >= 0.6 is 11.8 Å². The molecule has 0 bridgehead atoms. The van der Waals surface area contributed by atoms with Crippen LogP contribution in [0.4, 0.5) is 0 Å². The van der Waals surface area contributed by atoms with E-state index in [2.05, 4.69) is 17.1 Å². The Morgan fingerprint density at radius 1 is 1.32 bits per heavy atom. The van der Waals surface area contributed by atoms with Gasteiger partial charge in [-0.05, 0) is 30.7 Å². The van der Waals surface area contributed by atoms with E-state index < -0.39 is 5.97 Å². The molecule has 0 saturated carbocycles. The quantitative estimate of drug-likeness (QED) is 0.595. The fraction of sp³-hybridized carbons (Fsp3) is 0.400. The number of ether oxygens (including phenoxy) is 1. The predicted octanol–water partition coefficient (Wildman–Crippen LogP) is 2.64. The van der Waals surface area contributed by atoms with Gasteiger partial charge in [-0.2, -0.15) is 0 Å². The molecule has 2 aromatic rings. The predicted molar refractivity (Wildman–Crippen MR) is 84.6 cm³/mol. The summed E-state index contributed by atoms with van der Waals surface area (Å²) < 4.78 is 7.60. The number of aromatic carboxylic acids is 1. The highest BCUT2D eigenvalue weighted by Crippen LogP contribution is 2.17. The van der Waals surface area contributed by atoms with Gasteiger partial charge >= 0.3 is 5.97 Å². The monoisotopic (exact) mass is 321 g/mol. The van der Waals surface area contributed by atoms with Crippen molar-refractivity contribution in [2.75, 3.05) is 12.4 Å². The Kier molecular flexibility index (Phi) is 5.83. The van der Waals surface area contributed by atoms with E-state index in [1.54, 1.807) is 23.9 Å². The van der Waals surface area contributed by atoms with Crippen LogP contribution in [0.3, 0.4) is 0 Å². The van der Waals surface area contributed by atoms with E-state index in [9.17, 15) is 4.79 Å².